The first kappa shape index (κ1) is 17.8. The van der Waals surface area contributed by atoms with Crippen LogP contribution < -0.4 is 0 Å². The SMILES string of the molecule is CCc1cc(Cc2cc(C)c(O)c(C3CCCCC3)c2)cc(C)c1O. The normalized spacial score (nSPS) is 15.5. The van der Waals surface area contributed by atoms with Gasteiger partial charge in [0.15, 0.2) is 0 Å². The molecule has 1 aliphatic rings. The molecule has 25 heavy (non-hydrogen) atoms. The van der Waals surface area contributed by atoms with Crippen molar-refractivity contribution >= 4 is 0 Å². The summed E-state index contributed by atoms with van der Waals surface area (Å²) in [7, 11) is 0. The van der Waals surface area contributed by atoms with E-state index in [1.165, 1.54) is 43.2 Å². The molecule has 0 aromatic heterocycles. The average molecular weight is 338 g/mol. The molecular weight excluding hydrogens is 308 g/mol. The maximum Gasteiger partial charge on any atom is 0.121 e. The van der Waals surface area contributed by atoms with Crippen molar-refractivity contribution in [1.82, 2.24) is 0 Å². The Kier molecular flexibility index (Phi) is 5.36. The third-order valence-electron chi connectivity index (χ3n) is 5.66. The highest BCUT2D eigenvalue weighted by Gasteiger charge is 2.20. The number of phenols is 2. The average Bonchev–Trinajstić information content (AvgIpc) is 2.61. The number of hydrogen-bond donors (Lipinski definition) is 2. The van der Waals surface area contributed by atoms with Gasteiger partial charge in [0.1, 0.15) is 11.5 Å². The van der Waals surface area contributed by atoms with Gasteiger partial charge in [0.25, 0.3) is 0 Å². The van der Waals surface area contributed by atoms with Crippen LogP contribution >= 0.6 is 0 Å². The van der Waals surface area contributed by atoms with E-state index in [1.807, 2.05) is 13.8 Å². The molecule has 0 heterocycles. The highest BCUT2D eigenvalue weighted by Crippen LogP contribution is 2.39. The summed E-state index contributed by atoms with van der Waals surface area (Å²) < 4.78 is 0. The van der Waals surface area contributed by atoms with E-state index in [1.54, 1.807) is 0 Å². The Morgan fingerprint density at radius 1 is 0.840 bits per heavy atom. The fourth-order valence-corrected chi connectivity index (χ4v) is 4.25. The molecule has 0 unspecified atom stereocenters. The van der Waals surface area contributed by atoms with Crippen LogP contribution in [0.3, 0.4) is 0 Å². The Balaban J connectivity index is 1.93. The lowest BCUT2D eigenvalue weighted by molar-refractivity contribution is 0.412. The summed E-state index contributed by atoms with van der Waals surface area (Å²) in [5.74, 6) is 1.42. The third-order valence-corrected chi connectivity index (χ3v) is 5.66. The molecule has 2 aromatic carbocycles. The summed E-state index contributed by atoms with van der Waals surface area (Å²) in [6.07, 6.45) is 7.91. The molecule has 0 spiro atoms. The first-order valence-electron chi connectivity index (χ1n) is 9.63. The van der Waals surface area contributed by atoms with Crippen LogP contribution in [0.1, 0.15) is 78.3 Å². The predicted octanol–water partition coefficient (Wildman–Crippen LogP) is 5.92. The van der Waals surface area contributed by atoms with E-state index in [0.29, 0.717) is 17.4 Å². The second-order valence-electron chi connectivity index (χ2n) is 7.64. The zero-order chi connectivity index (χ0) is 18.0. The van der Waals surface area contributed by atoms with Crippen molar-refractivity contribution < 1.29 is 10.2 Å². The van der Waals surface area contributed by atoms with Crippen LogP contribution in [-0.4, -0.2) is 10.2 Å². The van der Waals surface area contributed by atoms with Crippen molar-refractivity contribution in [3.05, 3.63) is 57.6 Å². The van der Waals surface area contributed by atoms with Gasteiger partial charge in [0.2, 0.25) is 0 Å². The molecule has 2 N–H and O–H groups in total. The summed E-state index contributed by atoms with van der Waals surface area (Å²) >= 11 is 0. The molecule has 0 bridgehead atoms. The van der Waals surface area contributed by atoms with Crippen molar-refractivity contribution in [2.24, 2.45) is 0 Å². The fraction of sp³-hybridized carbons (Fsp3) is 0.478. The Bertz CT molecular complexity index is 755. The number of aryl methyl sites for hydroxylation is 3. The molecule has 0 radical (unpaired) electrons. The van der Waals surface area contributed by atoms with Crippen LogP contribution in [0.15, 0.2) is 24.3 Å². The summed E-state index contributed by atoms with van der Waals surface area (Å²) in [5.41, 5.74) is 6.55. The van der Waals surface area contributed by atoms with E-state index in [4.69, 9.17) is 0 Å². The number of benzene rings is 2. The van der Waals surface area contributed by atoms with Gasteiger partial charge in [-0.2, -0.15) is 0 Å². The zero-order valence-corrected chi connectivity index (χ0v) is 15.7. The lowest BCUT2D eigenvalue weighted by atomic mass is 9.82. The molecule has 2 nitrogen and oxygen atoms in total. The summed E-state index contributed by atoms with van der Waals surface area (Å²) in [6.45, 7) is 6.04. The van der Waals surface area contributed by atoms with Gasteiger partial charge < -0.3 is 10.2 Å². The third kappa shape index (κ3) is 3.84. The van der Waals surface area contributed by atoms with Crippen LogP contribution in [0, 0.1) is 13.8 Å². The Labute approximate surface area is 151 Å². The Hall–Kier alpha value is -1.96. The molecule has 134 valence electrons. The zero-order valence-electron chi connectivity index (χ0n) is 15.7. The van der Waals surface area contributed by atoms with Gasteiger partial charge in [0, 0.05) is 0 Å². The van der Waals surface area contributed by atoms with E-state index >= 15 is 0 Å². The first-order chi connectivity index (χ1) is 12.0. The summed E-state index contributed by atoms with van der Waals surface area (Å²) in [5, 5.41) is 20.7. The van der Waals surface area contributed by atoms with Crippen molar-refractivity contribution in [2.45, 2.75) is 71.6 Å². The number of phenolic OH excluding ortho intramolecular Hbond substituents is 2. The second kappa shape index (κ2) is 7.51. The number of hydrogen-bond acceptors (Lipinski definition) is 2. The van der Waals surface area contributed by atoms with E-state index in [9.17, 15) is 10.2 Å². The monoisotopic (exact) mass is 338 g/mol. The maximum absolute atomic E-state index is 10.6. The maximum atomic E-state index is 10.6. The summed E-state index contributed by atoms with van der Waals surface area (Å²) in [6, 6.07) is 8.52. The van der Waals surface area contributed by atoms with Gasteiger partial charge in [-0.25, -0.2) is 0 Å². The summed E-state index contributed by atoms with van der Waals surface area (Å²) in [4.78, 5) is 0. The van der Waals surface area contributed by atoms with Crippen LogP contribution in [0.4, 0.5) is 0 Å². The largest absolute Gasteiger partial charge is 0.507 e. The lowest BCUT2D eigenvalue weighted by Gasteiger charge is -2.24. The minimum atomic E-state index is 0.427. The van der Waals surface area contributed by atoms with Gasteiger partial charge in [-0.05, 0) is 78.8 Å². The van der Waals surface area contributed by atoms with Crippen LogP contribution in [-0.2, 0) is 12.8 Å². The molecule has 2 aromatic rings. The first-order valence-corrected chi connectivity index (χ1v) is 9.63. The van der Waals surface area contributed by atoms with Crippen LogP contribution in [0.2, 0.25) is 0 Å². The highest BCUT2D eigenvalue weighted by atomic mass is 16.3. The molecule has 0 atom stereocenters. The second-order valence-corrected chi connectivity index (χ2v) is 7.64. The molecule has 0 saturated heterocycles. The van der Waals surface area contributed by atoms with Crippen molar-refractivity contribution in [3.63, 3.8) is 0 Å². The number of aromatic hydroxyl groups is 2. The molecule has 3 rings (SSSR count). The Morgan fingerprint density at radius 2 is 1.44 bits per heavy atom. The van der Waals surface area contributed by atoms with Crippen LogP contribution in [0.25, 0.3) is 0 Å². The van der Waals surface area contributed by atoms with Crippen molar-refractivity contribution in [1.29, 1.82) is 0 Å². The standard InChI is InChI=1S/C23H30O2/c1-4-19-13-17(10-15(2)22(19)24)12-18-11-16(3)23(25)21(14-18)20-8-6-5-7-9-20/h10-11,13-14,20,24-25H,4-9,12H2,1-3H3. The van der Waals surface area contributed by atoms with E-state index < -0.39 is 0 Å². The van der Waals surface area contributed by atoms with E-state index in [-0.39, 0.29) is 0 Å². The quantitative estimate of drug-likeness (QED) is 0.727. The molecule has 1 fully saturated rings. The lowest BCUT2D eigenvalue weighted by Crippen LogP contribution is -2.06. The van der Waals surface area contributed by atoms with Gasteiger partial charge in [-0.1, -0.05) is 50.5 Å². The molecular formula is C23H30O2. The number of rotatable bonds is 4. The minimum Gasteiger partial charge on any atom is -0.507 e. The fourth-order valence-electron chi connectivity index (χ4n) is 4.25. The molecule has 1 saturated carbocycles. The molecule has 2 heteroatoms. The van der Waals surface area contributed by atoms with Crippen molar-refractivity contribution in [3.8, 4) is 11.5 Å². The van der Waals surface area contributed by atoms with Gasteiger partial charge in [0.05, 0.1) is 0 Å². The highest BCUT2D eigenvalue weighted by molar-refractivity contribution is 5.48. The predicted molar refractivity (Wildman–Crippen MR) is 104 cm³/mol. The molecule has 1 aliphatic carbocycles. The van der Waals surface area contributed by atoms with Gasteiger partial charge in [-0.15, -0.1) is 0 Å². The smallest absolute Gasteiger partial charge is 0.121 e. The molecule has 0 aliphatic heterocycles. The van der Waals surface area contributed by atoms with Crippen LogP contribution in [0.5, 0.6) is 11.5 Å². The van der Waals surface area contributed by atoms with Crippen molar-refractivity contribution in [2.75, 3.05) is 0 Å². The van der Waals surface area contributed by atoms with E-state index in [0.717, 1.165) is 35.1 Å². The van der Waals surface area contributed by atoms with Gasteiger partial charge >= 0.3 is 0 Å². The topological polar surface area (TPSA) is 40.5 Å². The minimum absolute atomic E-state index is 0.427. The Morgan fingerprint density at radius 3 is 2.08 bits per heavy atom. The van der Waals surface area contributed by atoms with Gasteiger partial charge in [-0.3, -0.25) is 0 Å². The molecule has 0 amide bonds. The van der Waals surface area contributed by atoms with E-state index in [2.05, 4.69) is 31.2 Å².